The van der Waals surface area contributed by atoms with Crippen LogP contribution >= 0.6 is 12.4 Å². The van der Waals surface area contributed by atoms with Crippen LogP contribution in [0.25, 0.3) is 0 Å². The summed E-state index contributed by atoms with van der Waals surface area (Å²) in [5, 5.41) is 3.06. The van der Waals surface area contributed by atoms with Crippen molar-refractivity contribution in [3.05, 3.63) is 23.7 Å². The molecule has 0 radical (unpaired) electrons. The average Bonchev–Trinajstić information content (AvgIpc) is 2.77. The lowest BCUT2D eigenvalue weighted by molar-refractivity contribution is 0.0921. The molecule has 0 bridgehead atoms. The number of nitrogens with two attached hydrogens (primary N) is 1. The zero-order valence-electron chi connectivity index (χ0n) is 10.6. The van der Waals surface area contributed by atoms with Crippen molar-refractivity contribution in [1.82, 2.24) is 5.32 Å². The van der Waals surface area contributed by atoms with E-state index < -0.39 is 0 Å². The summed E-state index contributed by atoms with van der Waals surface area (Å²) in [7, 11) is 0. The molecule has 3 N–H and O–H groups in total. The molecule has 2 rings (SSSR count). The average molecular weight is 273 g/mol. The smallest absolute Gasteiger partial charge is 0.254 e. The van der Waals surface area contributed by atoms with Gasteiger partial charge in [0.25, 0.3) is 5.91 Å². The van der Waals surface area contributed by atoms with Crippen LogP contribution in [-0.2, 0) is 6.54 Å². The van der Waals surface area contributed by atoms with Crippen molar-refractivity contribution in [3.63, 3.8) is 0 Å². The van der Waals surface area contributed by atoms with E-state index in [1.165, 1.54) is 19.1 Å². The molecule has 1 heterocycles. The molecule has 1 fully saturated rings. The molecule has 1 saturated carbocycles. The first-order valence-corrected chi connectivity index (χ1v) is 6.27. The van der Waals surface area contributed by atoms with Gasteiger partial charge in [-0.2, -0.15) is 0 Å². The van der Waals surface area contributed by atoms with E-state index in [2.05, 4.69) is 12.2 Å². The third-order valence-corrected chi connectivity index (χ3v) is 3.39. The zero-order valence-corrected chi connectivity index (χ0v) is 11.5. The molecule has 4 nitrogen and oxygen atoms in total. The van der Waals surface area contributed by atoms with Crippen LogP contribution < -0.4 is 11.1 Å². The molecule has 1 amide bonds. The predicted molar refractivity (Wildman–Crippen MR) is 72.7 cm³/mol. The van der Waals surface area contributed by atoms with E-state index in [0.717, 1.165) is 12.8 Å². The zero-order chi connectivity index (χ0) is 12.3. The van der Waals surface area contributed by atoms with Gasteiger partial charge in [0.05, 0.1) is 12.1 Å². The highest BCUT2D eigenvalue weighted by Crippen LogP contribution is 2.23. The van der Waals surface area contributed by atoms with Gasteiger partial charge in [-0.25, -0.2) is 0 Å². The minimum absolute atomic E-state index is 0. The predicted octanol–water partition coefficient (Wildman–Crippen LogP) is 2.47. The van der Waals surface area contributed by atoms with E-state index in [-0.39, 0.29) is 18.3 Å². The molecule has 0 aromatic carbocycles. The second kappa shape index (κ2) is 6.81. The van der Waals surface area contributed by atoms with Gasteiger partial charge in [-0.3, -0.25) is 4.79 Å². The number of furan rings is 1. The van der Waals surface area contributed by atoms with Crippen molar-refractivity contribution in [3.8, 4) is 0 Å². The van der Waals surface area contributed by atoms with Crippen molar-refractivity contribution < 1.29 is 9.21 Å². The Labute approximate surface area is 114 Å². The largest absolute Gasteiger partial charge is 0.467 e. The number of hydrogen-bond donors (Lipinski definition) is 2. The number of carbonyl (C=O) groups excluding carboxylic acids is 1. The number of rotatable bonds is 3. The monoisotopic (exact) mass is 272 g/mol. The lowest BCUT2D eigenvalue weighted by atomic mass is 9.87. The summed E-state index contributed by atoms with van der Waals surface area (Å²) in [4.78, 5) is 11.9. The standard InChI is InChI=1S/C13H20N2O2.ClH/c1-9-3-2-4-11(5-9)15-13(16)10-6-12(7-14)17-8-10;/h6,8-9,11H,2-5,7,14H2,1H3,(H,15,16);1H. The van der Waals surface area contributed by atoms with Gasteiger partial charge in [0, 0.05) is 6.04 Å². The van der Waals surface area contributed by atoms with Crippen LogP contribution in [0.15, 0.2) is 16.7 Å². The van der Waals surface area contributed by atoms with Gasteiger partial charge in [-0.15, -0.1) is 12.4 Å². The number of carbonyl (C=O) groups is 1. The molecule has 5 heteroatoms. The van der Waals surface area contributed by atoms with Gasteiger partial charge in [0.15, 0.2) is 0 Å². The van der Waals surface area contributed by atoms with E-state index in [9.17, 15) is 4.79 Å². The van der Waals surface area contributed by atoms with E-state index in [4.69, 9.17) is 10.2 Å². The van der Waals surface area contributed by atoms with Gasteiger partial charge in [0.2, 0.25) is 0 Å². The number of hydrogen-bond acceptors (Lipinski definition) is 3. The van der Waals surface area contributed by atoms with Gasteiger partial charge in [0.1, 0.15) is 12.0 Å². The van der Waals surface area contributed by atoms with E-state index in [0.29, 0.717) is 29.8 Å². The molecule has 0 spiro atoms. The molecular weight excluding hydrogens is 252 g/mol. The normalized spacial score (nSPS) is 23.2. The van der Waals surface area contributed by atoms with Crippen molar-refractivity contribution >= 4 is 18.3 Å². The summed E-state index contributed by atoms with van der Waals surface area (Å²) >= 11 is 0. The summed E-state index contributed by atoms with van der Waals surface area (Å²) < 4.78 is 5.16. The Morgan fingerprint density at radius 2 is 2.33 bits per heavy atom. The molecule has 1 aliphatic carbocycles. The van der Waals surface area contributed by atoms with Crippen molar-refractivity contribution in [1.29, 1.82) is 0 Å². The number of amides is 1. The number of nitrogens with one attached hydrogen (secondary N) is 1. The summed E-state index contributed by atoms with van der Waals surface area (Å²) in [5.74, 6) is 1.30. The summed E-state index contributed by atoms with van der Waals surface area (Å²) in [5.41, 5.74) is 6.01. The van der Waals surface area contributed by atoms with Crippen molar-refractivity contribution in [2.75, 3.05) is 0 Å². The Morgan fingerprint density at radius 3 is 2.94 bits per heavy atom. The van der Waals surface area contributed by atoms with Crippen LogP contribution in [0.3, 0.4) is 0 Å². The fourth-order valence-electron chi connectivity index (χ4n) is 2.44. The first kappa shape index (κ1) is 15.1. The van der Waals surface area contributed by atoms with Crippen LogP contribution in [0, 0.1) is 5.92 Å². The molecule has 0 saturated heterocycles. The van der Waals surface area contributed by atoms with Crippen LogP contribution in [0.1, 0.15) is 48.7 Å². The Hall–Kier alpha value is -1.00. The minimum atomic E-state index is -0.0486. The fourth-order valence-corrected chi connectivity index (χ4v) is 2.44. The van der Waals surface area contributed by atoms with Gasteiger partial charge < -0.3 is 15.5 Å². The molecule has 0 aliphatic heterocycles. The molecule has 2 unspecified atom stereocenters. The van der Waals surface area contributed by atoms with E-state index in [1.807, 2.05) is 0 Å². The van der Waals surface area contributed by atoms with E-state index in [1.54, 1.807) is 6.07 Å². The summed E-state index contributed by atoms with van der Waals surface area (Å²) in [6, 6.07) is 2.02. The maximum atomic E-state index is 11.9. The highest BCUT2D eigenvalue weighted by atomic mass is 35.5. The van der Waals surface area contributed by atoms with Crippen LogP contribution in [-0.4, -0.2) is 11.9 Å². The third kappa shape index (κ3) is 3.75. The maximum absolute atomic E-state index is 11.9. The molecule has 1 aliphatic rings. The van der Waals surface area contributed by atoms with Crippen LogP contribution in [0.2, 0.25) is 0 Å². The first-order valence-electron chi connectivity index (χ1n) is 6.27. The Kier molecular flexibility index (Phi) is 5.69. The van der Waals surface area contributed by atoms with Gasteiger partial charge >= 0.3 is 0 Å². The fraction of sp³-hybridized carbons (Fsp3) is 0.615. The SMILES string of the molecule is CC1CCCC(NC(=O)c2coc(CN)c2)C1.Cl. The summed E-state index contributed by atoms with van der Waals surface area (Å²) in [6.45, 7) is 2.57. The topological polar surface area (TPSA) is 68.3 Å². The molecule has 18 heavy (non-hydrogen) atoms. The van der Waals surface area contributed by atoms with Gasteiger partial charge in [-0.05, 0) is 24.8 Å². The van der Waals surface area contributed by atoms with Gasteiger partial charge in [-0.1, -0.05) is 19.8 Å². The first-order chi connectivity index (χ1) is 8.19. The van der Waals surface area contributed by atoms with Crippen molar-refractivity contribution in [2.24, 2.45) is 11.7 Å². The van der Waals surface area contributed by atoms with E-state index >= 15 is 0 Å². The van der Waals surface area contributed by atoms with Crippen molar-refractivity contribution in [2.45, 2.75) is 45.2 Å². The number of halogens is 1. The maximum Gasteiger partial charge on any atom is 0.254 e. The molecule has 102 valence electrons. The highest BCUT2D eigenvalue weighted by Gasteiger charge is 2.21. The lowest BCUT2D eigenvalue weighted by Crippen LogP contribution is -2.37. The van der Waals surface area contributed by atoms with Crippen LogP contribution in [0.4, 0.5) is 0 Å². The molecular formula is C13H21ClN2O2. The quantitative estimate of drug-likeness (QED) is 0.888. The molecule has 1 aromatic heterocycles. The Bertz CT molecular complexity index is 392. The second-order valence-electron chi connectivity index (χ2n) is 4.95. The second-order valence-corrected chi connectivity index (χ2v) is 4.95. The molecule has 2 atom stereocenters. The van der Waals surface area contributed by atoms with Crippen LogP contribution in [0.5, 0.6) is 0 Å². The Balaban J connectivity index is 0.00000162. The highest BCUT2D eigenvalue weighted by molar-refractivity contribution is 5.94. The Morgan fingerprint density at radius 1 is 1.56 bits per heavy atom. The minimum Gasteiger partial charge on any atom is -0.467 e. The third-order valence-electron chi connectivity index (χ3n) is 3.39. The summed E-state index contributed by atoms with van der Waals surface area (Å²) in [6.07, 6.45) is 6.11. The molecule has 1 aromatic rings. The lowest BCUT2D eigenvalue weighted by Gasteiger charge is -2.27.